The molecule has 0 aliphatic heterocycles. The molecule has 0 aromatic heterocycles. The molecule has 1 N–H and O–H groups in total. The van der Waals surface area contributed by atoms with Gasteiger partial charge in [0, 0.05) is 4.47 Å². The molecule has 4 heteroatoms. The maximum absolute atomic E-state index is 12.7. The molecule has 0 aliphatic rings. The van der Waals surface area contributed by atoms with Crippen LogP contribution in [0.2, 0.25) is 0 Å². The van der Waals surface area contributed by atoms with E-state index in [0.717, 1.165) is 10.0 Å². The van der Waals surface area contributed by atoms with Crippen LogP contribution in [0.25, 0.3) is 0 Å². The van der Waals surface area contributed by atoms with Gasteiger partial charge < -0.3 is 9.84 Å². The zero-order chi connectivity index (χ0) is 13.1. The number of benzene rings is 2. The van der Waals surface area contributed by atoms with Gasteiger partial charge in [-0.15, -0.1) is 0 Å². The molecule has 0 bridgehead atoms. The highest BCUT2D eigenvalue weighted by Crippen LogP contribution is 2.30. The van der Waals surface area contributed by atoms with Gasteiger partial charge in [-0.3, -0.25) is 0 Å². The first-order valence-electron chi connectivity index (χ1n) is 5.47. The molecular formula is C14H12BrFO2. The molecule has 2 rings (SSSR count). The average molecular weight is 311 g/mol. The molecule has 94 valence electrons. The number of halogens is 2. The van der Waals surface area contributed by atoms with Crippen molar-refractivity contribution in [2.45, 2.75) is 13.0 Å². The first-order valence-corrected chi connectivity index (χ1v) is 6.26. The first kappa shape index (κ1) is 13.1. The SMILES string of the molecule is C[C@H](O)c1ccc(Oc2ccc(F)cc2)cc1Br. The van der Waals surface area contributed by atoms with Gasteiger partial charge in [-0.2, -0.15) is 0 Å². The van der Waals surface area contributed by atoms with Crippen LogP contribution in [0.5, 0.6) is 11.5 Å². The maximum Gasteiger partial charge on any atom is 0.128 e. The van der Waals surface area contributed by atoms with E-state index < -0.39 is 6.10 Å². The monoisotopic (exact) mass is 310 g/mol. The van der Waals surface area contributed by atoms with Gasteiger partial charge in [0.2, 0.25) is 0 Å². The normalized spacial score (nSPS) is 12.2. The standard InChI is InChI=1S/C14H12BrFO2/c1-9(17)13-7-6-12(8-14(13)15)18-11-4-2-10(16)3-5-11/h2-9,17H,1H3/t9-/m0/s1. The third kappa shape index (κ3) is 3.09. The third-order valence-corrected chi connectivity index (χ3v) is 3.16. The Morgan fingerprint density at radius 2 is 1.72 bits per heavy atom. The van der Waals surface area contributed by atoms with E-state index in [2.05, 4.69) is 15.9 Å². The lowest BCUT2D eigenvalue weighted by Gasteiger charge is -2.10. The van der Waals surface area contributed by atoms with E-state index in [9.17, 15) is 9.50 Å². The van der Waals surface area contributed by atoms with Crippen LogP contribution in [-0.4, -0.2) is 5.11 Å². The molecule has 1 atom stereocenters. The van der Waals surface area contributed by atoms with Crippen molar-refractivity contribution >= 4 is 15.9 Å². The number of hydrogen-bond donors (Lipinski definition) is 1. The molecule has 18 heavy (non-hydrogen) atoms. The predicted molar refractivity (Wildman–Crippen MR) is 71.2 cm³/mol. The maximum atomic E-state index is 12.7. The van der Waals surface area contributed by atoms with Crippen molar-refractivity contribution in [3.05, 3.63) is 58.3 Å². The Hall–Kier alpha value is -1.39. The fraction of sp³-hybridized carbons (Fsp3) is 0.143. The smallest absolute Gasteiger partial charge is 0.128 e. The van der Waals surface area contributed by atoms with Crippen LogP contribution in [0.3, 0.4) is 0 Å². The Balaban J connectivity index is 2.20. The molecule has 2 aromatic rings. The molecule has 0 saturated heterocycles. The van der Waals surface area contributed by atoms with E-state index in [1.165, 1.54) is 12.1 Å². The Morgan fingerprint density at radius 1 is 1.11 bits per heavy atom. The van der Waals surface area contributed by atoms with Gasteiger partial charge in [-0.05, 0) is 48.9 Å². The minimum atomic E-state index is -0.542. The van der Waals surface area contributed by atoms with Gasteiger partial charge in [-0.25, -0.2) is 4.39 Å². The van der Waals surface area contributed by atoms with Crippen molar-refractivity contribution in [3.8, 4) is 11.5 Å². The highest BCUT2D eigenvalue weighted by molar-refractivity contribution is 9.10. The van der Waals surface area contributed by atoms with Crippen molar-refractivity contribution in [1.82, 2.24) is 0 Å². The molecule has 0 spiro atoms. The van der Waals surface area contributed by atoms with Crippen LogP contribution in [0.15, 0.2) is 46.9 Å². The summed E-state index contributed by atoms with van der Waals surface area (Å²) in [7, 11) is 0. The number of ether oxygens (including phenoxy) is 1. The van der Waals surface area contributed by atoms with E-state index in [1.54, 1.807) is 37.3 Å². The zero-order valence-corrected chi connectivity index (χ0v) is 11.3. The van der Waals surface area contributed by atoms with Gasteiger partial charge in [0.05, 0.1) is 6.10 Å². The molecule has 0 aliphatic carbocycles. The summed E-state index contributed by atoms with van der Waals surface area (Å²) >= 11 is 3.37. The van der Waals surface area contributed by atoms with Crippen molar-refractivity contribution in [2.75, 3.05) is 0 Å². The number of aliphatic hydroxyl groups excluding tert-OH is 1. The van der Waals surface area contributed by atoms with Crippen molar-refractivity contribution in [3.63, 3.8) is 0 Å². The van der Waals surface area contributed by atoms with E-state index in [4.69, 9.17) is 4.74 Å². The zero-order valence-electron chi connectivity index (χ0n) is 9.73. The summed E-state index contributed by atoms with van der Waals surface area (Å²) in [6.45, 7) is 1.70. The summed E-state index contributed by atoms with van der Waals surface area (Å²) in [5, 5.41) is 9.50. The lowest BCUT2D eigenvalue weighted by atomic mass is 10.1. The lowest BCUT2D eigenvalue weighted by molar-refractivity contribution is 0.198. The molecule has 0 fully saturated rings. The quantitative estimate of drug-likeness (QED) is 0.908. The molecule has 0 unspecified atom stereocenters. The van der Waals surface area contributed by atoms with Gasteiger partial charge in [0.25, 0.3) is 0 Å². The van der Waals surface area contributed by atoms with Crippen LogP contribution in [0, 0.1) is 5.82 Å². The predicted octanol–water partition coefficient (Wildman–Crippen LogP) is 4.43. The molecule has 0 radical (unpaired) electrons. The Kier molecular flexibility index (Phi) is 3.99. The van der Waals surface area contributed by atoms with Crippen LogP contribution in [0.1, 0.15) is 18.6 Å². The van der Waals surface area contributed by atoms with E-state index >= 15 is 0 Å². The van der Waals surface area contributed by atoms with Gasteiger partial charge in [0.15, 0.2) is 0 Å². The second-order valence-electron chi connectivity index (χ2n) is 3.92. The number of aliphatic hydroxyl groups is 1. The summed E-state index contributed by atoms with van der Waals surface area (Å²) < 4.78 is 19.1. The summed E-state index contributed by atoms with van der Waals surface area (Å²) in [6, 6.07) is 11.1. The topological polar surface area (TPSA) is 29.5 Å². The molecular weight excluding hydrogens is 299 g/mol. The minimum Gasteiger partial charge on any atom is -0.457 e. The molecule has 0 amide bonds. The Morgan fingerprint density at radius 3 is 2.28 bits per heavy atom. The Labute approximate surface area is 113 Å². The first-order chi connectivity index (χ1) is 8.56. The van der Waals surface area contributed by atoms with E-state index in [0.29, 0.717) is 11.5 Å². The van der Waals surface area contributed by atoms with Crippen LogP contribution >= 0.6 is 15.9 Å². The lowest BCUT2D eigenvalue weighted by Crippen LogP contribution is -1.93. The summed E-state index contributed by atoms with van der Waals surface area (Å²) in [6.07, 6.45) is -0.542. The van der Waals surface area contributed by atoms with Gasteiger partial charge >= 0.3 is 0 Å². The Bertz CT molecular complexity index is 538. The third-order valence-electron chi connectivity index (χ3n) is 2.47. The van der Waals surface area contributed by atoms with Gasteiger partial charge in [0.1, 0.15) is 17.3 Å². The molecule has 2 nitrogen and oxygen atoms in total. The number of hydrogen-bond acceptors (Lipinski definition) is 2. The fourth-order valence-corrected chi connectivity index (χ4v) is 2.24. The summed E-state index contributed by atoms with van der Waals surface area (Å²) in [4.78, 5) is 0. The van der Waals surface area contributed by atoms with Crippen molar-refractivity contribution in [2.24, 2.45) is 0 Å². The molecule has 2 aromatic carbocycles. The fourth-order valence-electron chi connectivity index (χ4n) is 1.55. The van der Waals surface area contributed by atoms with E-state index in [-0.39, 0.29) is 5.82 Å². The largest absolute Gasteiger partial charge is 0.457 e. The van der Waals surface area contributed by atoms with E-state index in [1.807, 2.05) is 0 Å². The highest BCUT2D eigenvalue weighted by atomic mass is 79.9. The number of rotatable bonds is 3. The second kappa shape index (κ2) is 5.50. The van der Waals surface area contributed by atoms with Crippen molar-refractivity contribution in [1.29, 1.82) is 0 Å². The minimum absolute atomic E-state index is 0.298. The van der Waals surface area contributed by atoms with Gasteiger partial charge in [-0.1, -0.05) is 22.0 Å². The highest BCUT2D eigenvalue weighted by Gasteiger charge is 2.07. The van der Waals surface area contributed by atoms with Crippen LogP contribution < -0.4 is 4.74 Å². The summed E-state index contributed by atoms with van der Waals surface area (Å²) in [5.74, 6) is 0.888. The van der Waals surface area contributed by atoms with Crippen LogP contribution in [0.4, 0.5) is 4.39 Å². The second-order valence-corrected chi connectivity index (χ2v) is 4.77. The average Bonchev–Trinajstić information content (AvgIpc) is 2.32. The van der Waals surface area contributed by atoms with Crippen LogP contribution in [-0.2, 0) is 0 Å². The molecule has 0 heterocycles. The summed E-state index contributed by atoms with van der Waals surface area (Å²) in [5.41, 5.74) is 0.793. The molecule has 0 saturated carbocycles. The van der Waals surface area contributed by atoms with Crippen molar-refractivity contribution < 1.29 is 14.2 Å².